The van der Waals surface area contributed by atoms with Crippen molar-refractivity contribution in [3.05, 3.63) is 128 Å². The summed E-state index contributed by atoms with van der Waals surface area (Å²) in [6, 6.07) is 19.4. The molecule has 6 nitrogen and oxygen atoms in total. The predicted molar refractivity (Wildman–Crippen MR) is 150 cm³/mol. The van der Waals surface area contributed by atoms with Crippen LogP contribution < -0.4 is 5.43 Å². The first kappa shape index (κ1) is 27.2. The molecule has 0 N–H and O–H groups in total. The number of rotatable bonds is 9. The number of aryl methyl sites for hydroxylation is 1. The van der Waals surface area contributed by atoms with Crippen molar-refractivity contribution in [1.29, 1.82) is 0 Å². The Hall–Kier alpha value is -3.87. The van der Waals surface area contributed by atoms with E-state index in [0.29, 0.717) is 21.6 Å². The molecule has 0 atom stereocenters. The van der Waals surface area contributed by atoms with Crippen molar-refractivity contribution in [2.24, 2.45) is 0 Å². The lowest BCUT2D eigenvalue weighted by molar-refractivity contribution is -0.133. The van der Waals surface area contributed by atoms with Gasteiger partial charge in [0.05, 0.1) is 34.3 Å². The number of fused-ring (bicyclic) bond motifs is 1. The quantitative estimate of drug-likeness (QED) is 0.231. The van der Waals surface area contributed by atoms with E-state index in [2.05, 4.69) is 6.58 Å². The van der Waals surface area contributed by atoms with Gasteiger partial charge in [-0.05, 0) is 42.8 Å². The molecule has 0 bridgehead atoms. The molecule has 194 valence electrons. The third-order valence-electron chi connectivity index (χ3n) is 6.05. The van der Waals surface area contributed by atoms with E-state index in [1.165, 1.54) is 34.3 Å². The third-order valence-corrected chi connectivity index (χ3v) is 6.60. The third kappa shape index (κ3) is 6.33. The molecular weight excluding hydrogens is 523 g/mol. The van der Waals surface area contributed by atoms with Gasteiger partial charge < -0.3 is 14.2 Å². The number of amides is 2. The Labute approximate surface area is 230 Å². The first-order valence-corrected chi connectivity index (χ1v) is 12.7. The van der Waals surface area contributed by atoms with E-state index < -0.39 is 5.91 Å². The summed E-state index contributed by atoms with van der Waals surface area (Å²) in [6.07, 6.45) is 2.93. The van der Waals surface area contributed by atoms with E-state index >= 15 is 0 Å². The second-order valence-corrected chi connectivity index (χ2v) is 9.77. The molecule has 3 aromatic carbocycles. The summed E-state index contributed by atoms with van der Waals surface area (Å²) in [7, 11) is 0. The highest BCUT2D eigenvalue weighted by atomic mass is 35.5. The van der Waals surface area contributed by atoms with Crippen molar-refractivity contribution in [2.75, 3.05) is 13.1 Å². The summed E-state index contributed by atoms with van der Waals surface area (Å²) >= 11 is 12.2. The van der Waals surface area contributed by atoms with Crippen LogP contribution >= 0.6 is 23.2 Å². The number of benzene rings is 3. The summed E-state index contributed by atoms with van der Waals surface area (Å²) < 4.78 is 5.71. The van der Waals surface area contributed by atoms with Crippen LogP contribution in [0.2, 0.25) is 10.0 Å². The van der Waals surface area contributed by atoms with Crippen molar-refractivity contribution >= 4 is 46.0 Å². The van der Waals surface area contributed by atoms with Crippen LogP contribution in [0, 0.1) is 6.92 Å². The standard InChI is InChI=1S/C30H26Cl2N2O4/c1-3-13-33(30(37)24-11-10-23(31)15-26(24)32)18-28(35)34(16-21-7-5-4-6-8-21)17-22-19-38-27-12-9-20(2)14-25(27)29(22)36/h3-12,14-15,19H,1,13,16-18H2,2H3. The molecule has 1 aromatic heterocycles. The minimum absolute atomic E-state index is 0.0117. The molecule has 0 aliphatic carbocycles. The van der Waals surface area contributed by atoms with Gasteiger partial charge in [-0.15, -0.1) is 6.58 Å². The maximum Gasteiger partial charge on any atom is 0.256 e. The molecule has 8 heteroatoms. The second-order valence-electron chi connectivity index (χ2n) is 8.92. The average molecular weight is 549 g/mol. The number of nitrogens with zero attached hydrogens (tertiary/aromatic N) is 2. The maximum atomic E-state index is 13.7. The second kappa shape index (κ2) is 12.1. The normalized spacial score (nSPS) is 10.8. The van der Waals surface area contributed by atoms with E-state index in [9.17, 15) is 14.4 Å². The molecule has 0 aliphatic rings. The summed E-state index contributed by atoms with van der Waals surface area (Å²) in [6.45, 7) is 5.75. The van der Waals surface area contributed by atoms with Crippen LogP contribution in [0.1, 0.15) is 27.0 Å². The Kier molecular flexibility index (Phi) is 8.66. The molecule has 0 fully saturated rings. The van der Waals surface area contributed by atoms with E-state index in [0.717, 1.165) is 11.1 Å². The van der Waals surface area contributed by atoms with Gasteiger partial charge in [0, 0.05) is 18.1 Å². The van der Waals surface area contributed by atoms with Gasteiger partial charge in [-0.2, -0.15) is 0 Å². The van der Waals surface area contributed by atoms with Gasteiger partial charge >= 0.3 is 0 Å². The molecule has 4 rings (SSSR count). The first-order chi connectivity index (χ1) is 18.3. The van der Waals surface area contributed by atoms with Crippen LogP contribution in [0.25, 0.3) is 11.0 Å². The number of carbonyl (C=O) groups excluding carboxylic acids is 2. The van der Waals surface area contributed by atoms with Crippen LogP contribution in [0.5, 0.6) is 0 Å². The van der Waals surface area contributed by atoms with Crippen molar-refractivity contribution in [2.45, 2.75) is 20.0 Å². The van der Waals surface area contributed by atoms with Gasteiger partial charge in [0.1, 0.15) is 12.1 Å². The molecular formula is C30H26Cl2N2O4. The van der Waals surface area contributed by atoms with E-state index in [1.807, 2.05) is 43.3 Å². The highest BCUT2D eigenvalue weighted by Crippen LogP contribution is 2.23. The largest absolute Gasteiger partial charge is 0.464 e. The summed E-state index contributed by atoms with van der Waals surface area (Å²) in [5, 5.41) is 1.04. The van der Waals surface area contributed by atoms with E-state index in [4.69, 9.17) is 27.6 Å². The molecule has 38 heavy (non-hydrogen) atoms. The van der Waals surface area contributed by atoms with Crippen molar-refractivity contribution in [1.82, 2.24) is 9.80 Å². The van der Waals surface area contributed by atoms with Crippen LogP contribution in [-0.4, -0.2) is 34.7 Å². The van der Waals surface area contributed by atoms with Gasteiger partial charge in [0.25, 0.3) is 5.91 Å². The average Bonchev–Trinajstić information content (AvgIpc) is 2.90. The molecule has 0 spiro atoms. The van der Waals surface area contributed by atoms with Gasteiger partial charge in [-0.1, -0.05) is 71.2 Å². The lowest BCUT2D eigenvalue weighted by atomic mass is 10.1. The minimum atomic E-state index is -0.430. The molecule has 2 amide bonds. The summed E-state index contributed by atoms with van der Waals surface area (Å²) in [4.78, 5) is 43.1. The topological polar surface area (TPSA) is 70.8 Å². The van der Waals surface area contributed by atoms with Gasteiger partial charge in [-0.3, -0.25) is 14.4 Å². The highest BCUT2D eigenvalue weighted by Gasteiger charge is 2.24. The predicted octanol–water partition coefficient (Wildman–Crippen LogP) is 6.27. The molecule has 0 saturated carbocycles. The SMILES string of the molecule is C=CCN(CC(=O)N(Cc1ccccc1)Cc1coc2ccc(C)cc2c1=O)C(=O)c1ccc(Cl)cc1Cl. The fraction of sp³-hybridized carbons (Fsp3) is 0.167. The number of carbonyl (C=O) groups is 2. The van der Waals surface area contributed by atoms with Crippen molar-refractivity contribution in [3.8, 4) is 0 Å². The molecule has 0 unspecified atom stereocenters. The monoisotopic (exact) mass is 548 g/mol. The summed E-state index contributed by atoms with van der Waals surface area (Å²) in [5.74, 6) is -0.779. The molecule has 0 saturated heterocycles. The molecule has 4 aromatic rings. The number of hydrogen-bond donors (Lipinski definition) is 0. The van der Waals surface area contributed by atoms with Crippen LogP contribution in [0.3, 0.4) is 0 Å². The van der Waals surface area contributed by atoms with Gasteiger partial charge in [-0.25, -0.2) is 0 Å². The van der Waals surface area contributed by atoms with Crippen LogP contribution in [0.15, 0.2) is 94.9 Å². The molecule has 1 heterocycles. The zero-order valence-corrected chi connectivity index (χ0v) is 22.3. The van der Waals surface area contributed by atoms with Crippen LogP contribution in [0.4, 0.5) is 0 Å². The Morgan fingerprint density at radius 3 is 2.45 bits per heavy atom. The molecule has 0 radical (unpaired) electrons. The number of halogens is 2. The highest BCUT2D eigenvalue weighted by molar-refractivity contribution is 6.36. The minimum Gasteiger partial charge on any atom is -0.464 e. The van der Waals surface area contributed by atoms with Crippen LogP contribution in [-0.2, 0) is 17.9 Å². The number of hydrogen-bond acceptors (Lipinski definition) is 4. The smallest absolute Gasteiger partial charge is 0.256 e. The van der Waals surface area contributed by atoms with Gasteiger partial charge in [0.2, 0.25) is 5.91 Å². The Balaban J connectivity index is 1.64. The fourth-order valence-corrected chi connectivity index (χ4v) is 4.60. The Bertz CT molecular complexity index is 1550. The lowest BCUT2D eigenvalue weighted by Crippen LogP contribution is -2.43. The first-order valence-electron chi connectivity index (χ1n) is 11.9. The van der Waals surface area contributed by atoms with Crippen molar-refractivity contribution < 1.29 is 14.0 Å². The van der Waals surface area contributed by atoms with E-state index in [1.54, 1.807) is 18.2 Å². The lowest BCUT2D eigenvalue weighted by Gasteiger charge is -2.27. The Morgan fingerprint density at radius 1 is 0.974 bits per heavy atom. The van der Waals surface area contributed by atoms with Gasteiger partial charge in [0.15, 0.2) is 5.43 Å². The Morgan fingerprint density at radius 2 is 1.74 bits per heavy atom. The zero-order chi connectivity index (χ0) is 27.2. The van der Waals surface area contributed by atoms with E-state index in [-0.39, 0.29) is 48.1 Å². The van der Waals surface area contributed by atoms with Crippen molar-refractivity contribution in [3.63, 3.8) is 0 Å². The fourth-order valence-electron chi connectivity index (χ4n) is 4.11. The summed E-state index contributed by atoms with van der Waals surface area (Å²) in [5.41, 5.74) is 2.66. The molecule has 0 aliphatic heterocycles. The zero-order valence-electron chi connectivity index (χ0n) is 20.8. The maximum absolute atomic E-state index is 13.7.